The Hall–Kier alpha value is -1.91. The van der Waals surface area contributed by atoms with E-state index in [1.54, 1.807) is 6.07 Å². The quantitative estimate of drug-likeness (QED) is 0.726. The third-order valence-electron chi connectivity index (χ3n) is 3.57. The molecule has 1 aromatic rings. The molecule has 0 aromatic heterocycles. The lowest BCUT2D eigenvalue weighted by Gasteiger charge is -2.22. The number of carbonyl (C=O) groups excluding carboxylic acids is 1. The first-order chi connectivity index (χ1) is 9.11. The minimum atomic E-state index is -0.130. The van der Waals surface area contributed by atoms with Gasteiger partial charge in [0, 0.05) is 12.1 Å². The molecule has 2 aliphatic rings. The van der Waals surface area contributed by atoms with Crippen LogP contribution in [-0.4, -0.2) is 18.6 Å². The van der Waals surface area contributed by atoms with Gasteiger partial charge in [-0.15, -0.1) is 0 Å². The normalized spacial score (nSPS) is 19.1. The van der Waals surface area contributed by atoms with Gasteiger partial charge in [0.05, 0.1) is 17.1 Å². The predicted octanol–water partition coefficient (Wildman–Crippen LogP) is 2.20. The molecule has 1 aliphatic heterocycles. The largest absolute Gasteiger partial charge is 0.482 e. The lowest BCUT2D eigenvalue weighted by molar-refractivity contribution is -0.118. The van der Waals surface area contributed by atoms with Gasteiger partial charge in [-0.05, 0) is 25.3 Å². The molecule has 5 heteroatoms. The number of nitrogen functional groups attached to an aromatic ring is 1. The number of amides is 1. The third kappa shape index (κ3) is 2.75. The van der Waals surface area contributed by atoms with E-state index in [0.29, 0.717) is 23.2 Å². The maximum atomic E-state index is 11.3. The van der Waals surface area contributed by atoms with Gasteiger partial charge in [0.15, 0.2) is 6.61 Å². The standard InChI is InChI=1S/C14H19N3O2/c1-8(4-9-2-3-9)16-11-6-12-13(5-10(11)15)19-7-14(18)17-12/h5-6,8-9,16H,2-4,7,15H2,1H3,(H,17,18). The maximum Gasteiger partial charge on any atom is 0.262 e. The van der Waals surface area contributed by atoms with Crippen molar-refractivity contribution in [1.82, 2.24) is 0 Å². The second-order valence-electron chi connectivity index (χ2n) is 5.50. The molecule has 3 rings (SSSR count). The number of carbonyl (C=O) groups is 1. The number of nitrogens with one attached hydrogen (secondary N) is 2. The second kappa shape index (κ2) is 4.64. The van der Waals surface area contributed by atoms with Gasteiger partial charge in [0.1, 0.15) is 5.75 Å². The molecule has 0 spiro atoms. The summed E-state index contributed by atoms with van der Waals surface area (Å²) in [5.41, 5.74) is 8.21. The van der Waals surface area contributed by atoms with E-state index in [-0.39, 0.29) is 12.5 Å². The molecule has 5 nitrogen and oxygen atoms in total. The van der Waals surface area contributed by atoms with Crippen molar-refractivity contribution in [2.75, 3.05) is 23.0 Å². The van der Waals surface area contributed by atoms with Crippen molar-refractivity contribution in [2.45, 2.75) is 32.2 Å². The average molecular weight is 261 g/mol. The van der Waals surface area contributed by atoms with E-state index >= 15 is 0 Å². The monoisotopic (exact) mass is 261 g/mol. The summed E-state index contributed by atoms with van der Waals surface area (Å²) in [5, 5.41) is 6.21. The van der Waals surface area contributed by atoms with Crippen molar-refractivity contribution in [3.05, 3.63) is 12.1 Å². The van der Waals surface area contributed by atoms with Crippen molar-refractivity contribution < 1.29 is 9.53 Å². The van der Waals surface area contributed by atoms with E-state index in [1.807, 2.05) is 6.07 Å². The number of ether oxygens (including phenoxy) is 1. The van der Waals surface area contributed by atoms with Crippen LogP contribution in [0.1, 0.15) is 26.2 Å². The van der Waals surface area contributed by atoms with Crippen LogP contribution < -0.4 is 21.1 Å². The Morgan fingerprint density at radius 1 is 1.53 bits per heavy atom. The summed E-state index contributed by atoms with van der Waals surface area (Å²) < 4.78 is 5.33. The maximum absolute atomic E-state index is 11.3. The SMILES string of the molecule is CC(CC1CC1)Nc1cc2c(cc1N)OCC(=O)N2. The molecule has 1 aliphatic carbocycles. The summed E-state index contributed by atoms with van der Waals surface area (Å²) in [6, 6.07) is 4.00. The number of fused-ring (bicyclic) bond motifs is 1. The number of hydrogen-bond acceptors (Lipinski definition) is 4. The number of rotatable bonds is 4. The average Bonchev–Trinajstić information content (AvgIpc) is 3.14. The van der Waals surface area contributed by atoms with Crippen LogP contribution in [0.4, 0.5) is 17.1 Å². The van der Waals surface area contributed by atoms with E-state index in [4.69, 9.17) is 10.5 Å². The Morgan fingerprint density at radius 3 is 3.05 bits per heavy atom. The molecule has 1 unspecified atom stereocenters. The van der Waals surface area contributed by atoms with Crippen molar-refractivity contribution in [3.63, 3.8) is 0 Å². The zero-order chi connectivity index (χ0) is 13.4. The molecule has 0 saturated heterocycles. The van der Waals surface area contributed by atoms with Crippen molar-refractivity contribution in [1.29, 1.82) is 0 Å². The molecule has 102 valence electrons. The van der Waals surface area contributed by atoms with Crippen LogP contribution in [0.3, 0.4) is 0 Å². The Balaban J connectivity index is 1.76. The minimum absolute atomic E-state index is 0.0529. The Morgan fingerprint density at radius 2 is 2.32 bits per heavy atom. The highest BCUT2D eigenvalue weighted by Crippen LogP contribution is 2.37. The van der Waals surface area contributed by atoms with Gasteiger partial charge in [0.25, 0.3) is 5.91 Å². The summed E-state index contributed by atoms with van der Waals surface area (Å²) in [5.74, 6) is 1.37. The Kier molecular flexibility index (Phi) is 2.97. The van der Waals surface area contributed by atoms with Crippen LogP contribution >= 0.6 is 0 Å². The fourth-order valence-electron chi connectivity index (χ4n) is 2.45. The van der Waals surface area contributed by atoms with E-state index < -0.39 is 0 Å². The second-order valence-corrected chi connectivity index (χ2v) is 5.50. The van der Waals surface area contributed by atoms with Crippen LogP contribution in [0.5, 0.6) is 5.75 Å². The fourth-order valence-corrected chi connectivity index (χ4v) is 2.45. The van der Waals surface area contributed by atoms with Crippen LogP contribution in [0.15, 0.2) is 12.1 Å². The molecule has 1 fully saturated rings. The number of hydrogen-bond donors (Lipinski definition) is 3. The highest BCUT2D eigenvalue weighted by Gasteiger charge is 2.24. The molecule has 19 heavy (non-hydrogen) atoms. The zero-order valence-electron chi connectivity index (χ0n) is 11.0. The first-order valence-electron chi connectivity index (χ1n) is 6.74. The first-order valence-corrected chi connectivity index (χ1v) is 6.74. The topological polar surface area (TPSA) is 76.4 Å². The van der Waals surface area contributed by atoms with Gasteiger partial charge < -0.3 is 21.1 Å². The first kappa shape index (κ1) is 12.1. The smallest absolute Gasteiger partial charge is 0.262 e. The predicted molar refractivity (Wildman–Crippen MR) is 75.4 cm³/mol. The summed E-state index contributed by atoms with van der Waals surface area (Å²) in [7, 11) is 0. The van der Waals surface area contributed by atoms with Gasteiger partial charge in [-0.25, -0.2) is 0 Å². The van der Waals surface area contributed by atoms with Gasteiger partial charge >= 0.3 is 0 Å². The number of anilines is 3. The highest BCUT2D eigenvalue weighted by molar-refractivity contribution is 5.97. The molecular weight excluding hydrogens is 242 g/mol. The Bertz CT molecular complexity index is 512. The molecule has 0 bridgehead atoms. The molecular formula is C14H19N3O2. The van der Waals surface area contributed by atoms with Crippen LogP contribution in [-0.2, 0) is 4.79 Å². The van der Waals surface area contributed by atoms with Gasteiger partial charge in [-0.1, -0.05) is 12.8 Å². The van der Waals surface area contributed by atoms with Gasteiger partial charge in [-0.2, -0.15) is 0 Å². The number of nitrogens with two attached hydrogens (primary N) is 1. The zero-order valence-corrected chi connectivity index (χ0v) is 11.0. The summed E-state index contributed by atoms with van der Waals surface area (Å²) in [6.45, 7) is 2.21. The molecule has 1 amide bonds. The summed E-state index contributed by atoms with van der Waals surface area (Å²) >= 11 is 0. The molecule has 1 aromatic carbocycles. The fraction of sp³-hybridized carbons (Fsp3) is 0.500. The van der Waals surface area contributed by atoms with Gasteiger partial charge in [0.2, 0.25) is 0 Å². The minimum Gasteiger partial charge on any atom is -0.482 e. The lowest BCUT2D eigenvalue weighted by Crippen LogP contribution is -2.26. The van der Waals surface area contributed by atoms with Crippen molar-refractivity contribution >= 4 is 23.0 Å². The van der Waals surface area contributed by atoms with E-state index in [0.717, 1.165) is 11.6 Å². The van der Waals surface area contributed by atoms with Crippen molar-refractivity contribution in [2.24, 2.45) is 5.92 Å². The highest BCUT2D eigenvalue weighted by atomic mass is 16.5. The Labute approximate surface area is 112 Å². The number of benzene rings is 1. The molecule has 1 atom stereocenters. The molecule has 0 radical (unpaired) electrons. The van der Waals surface area contributed by atoms with Gasteiger partial charge in [-0.3, -0.25) is 4.79 Å². The molecule has 1 saturated carbocycles. The third-order valence-corrected chi connectivity index (χ3v) is 3.57. The van der Waals surface area contributed by atoms with E-state index in [1.165, 1.54) is 19.3 Å². The van der Waals surface area contributed by atoms with Crippen LogP contribution in [0, 0.1) is 5.92 Å². The van der Waals surface area contributed by atoms with E-state index in [2.05, 4.69) is 17.6 Å². The summed E-state index contributed by atoms with van der Waals surface area (Å²) in [4.78, 5) is 11.3. The summed E-state index contributed by atoms with van der Waals surface area (Å²) in [6.07, 6.45) is 3.85. The van der Waals surface area contributed by atoms with E-state index in [9.17, 15) is 4.79 Å². The molecule has 4 N–H and O–H groups in total. The van der Waals surface area contributed by atoms with Crippen LogP contribution in [0.25, 0.3) is 0 Å². The van der Waals surface area contributed by atoms with Crippen molar-refractivity contribution in [3.8, 4) is 5.75 Å². The van der Waals surface area contributed by atoms with Crippen LogP contribution in [0.2, 0.25) is 0 Å². The lowest BCUT2D eigenvalue weighted by atomic mass is 10.1. The molecule has 1 heterocycles.